The molecule has 0 aliphatic heterocycles. The Kier molecular flexibility index (Phi) is 5.03. The number of hydrogen-bond acceptors (Lipinski definition) is 5. The fraction of sp³-hybridized carbons (Fsp3) is 0.100. The van der Waals surface area contributed by atoms with Crippen LogP contribution < -0.4 is 4.90 Å². The lowest BCUT2D eigenvalue weighted by atomic mass is 10.0. The molecule has 1 aromatic heterocycles. The lowest BCUT2D eigenvalue weighted by molar-refractivity contribution is -0.384. The van der Waals surface area contributed by atoms with Gasteiger partial charge in [0.15, 0.2) is 5.78 Å². The van der Waals surface area contributed by atoms with Gasteiger partial charge in [-0.1, -0.05) is 36.4 Å². The van der Waals surface area contributed by atoms with Crippen LogP contribution in [0.25, 0.3) is 0 Å². The van der Waals surface area contributed by atoms with E-state index < -0.39 is 4.92 Å². The molecule has 6 nitrogen and oxygen atoms in total. The van der Waals surface area contributed by atoms with Crippen LogP contribution in [0.2, 0.25) is 0 Å². The molecule has 0 fully saturated rings. The number of ketones is 1. The van der Waals surface area contributed by atoms with Gasteiger partial charge >= 0.3 is 0 Å². The number of nitrogens with zero attached hydrogens (tertiary/aromatic N) is 3. The molecule has 3 rings (SSSR count). The molecule has 0 bridgehead atoms. The van der Waals surface area contributed by atoms with Crippen LogP contribution in [0.1, 0.15) is 21.5 Å². The molecule has 1 heterocycles. The van der Waals surface area contributed by atoms with Gasteiger partial charge in [-0.15, -0.1) is 0 Å². The molecule has 0 N–H and O–H groups in total. The molecule has 6 heteroatoms. The second kappa shape index (κ2) is 7.57. The van der Waals surface area contributed by atoms with Gasteiger partial charge in [-0.2, -0.15) is 0 Å². The SMILES string of the molecule is CN(Cc1cccnc1)c1ccc(C(=O)c2ccccc2)cc1[N+](=O)[O-]. The molecule has 0 saturated heterocycles. The highest BCUT2D eigenvalue weighted by Gasteiger charge is 2.21. The van der Waals surface area contributed by atoms with E-state index in [2.05, 4.69) is 4.98 Å². The van der Waals surface area contributed by atoms with Crippen molar-refractivity contribution in [3.05, 3.63) is 99.9 Å². The van der Waals surface area contributed by atoms with E-state index in [1.807, 2.05) is 18.2 Å². The van der Waals surface area contributed by atoms with Gasteiger partial charge in [-0.25, -0.2) is 0 Å². The Balaban J connectivity index is 1.92. The highest BCUT2D eigenvalue weighted by molar-refractivity contribution is 6.09. The van der Waals surface area contributed by atoms with Crippen molar-refractivity contribution in [3.8, 4) is 0 Å². The van der Waals surface area contributed by atoms with Crippen LogP contribution >= 0.6 is 0 Å². The van der Waals surface area contributed by atoms with E-state index in [1.54, 1.807) is 60.7 Å². The molecule has 0 atom stereocenters. The molecule has 0 aliphatic rings. The highest BCUT2D eigenvalue weighted by atomic mass is 16.6. The number of hydrogen-bond donors (Lipinski definition) is 0. The Labute approximate surface area is 150 Å². The predicted octanol–water partition coefficient (Wildman–Crippen LogP) is 3.86. The van der Waals surface area contributed by atoms with Gasteiger partial charge in [0.1, 0.15) is 5.69 Å². The third-order valence-corrected chi connectivity index (χ3v) is 4.02. The monoisotopic (exact) mass is 347 g/mol. The van der Waals surface area contributed by atoms with Crippen LogP contribution in [0.3, 0.4) is 0 Å². The van der Waals surface area contributed by atoms with Crippen LogP contribution in [0.5, 0.6) is 0 Å². The Morgan fingerprint density at radius 3 is 2.50 bits per heavy atom. The number of carbonyl (C=O) groups is 1. The van der Waals surface area contributed by atoms with E-state index in [1.165, 1.54) is 6.07 Å². The summed E-state index contributed by atoms with van der Waals surface area (Å²) in [5, 5.41) is 11.5. The zero-order valence-electron chi connectivity index (χ0n) is 14.2. The Morgan fingerprint density at radius 1 is 1.08 bits per heavy atom. The summed E-state index contributed by atoms with van der Waals surface area (Å²) in [5.74, 6) is -0.241. The van der Waals surface area contributed by atoms with Crippen molar-refractivity contribution in [1.82, 2.24) is 4.98 Å². The number of nitro groups is 1. The number of aromatic nitrogens is 1. The molecule has 0 unspecified atom stereocenters. The molecule has 2 aromatic carbocycles. The van der Waals surface area contributed by atoms with Crippen LogP contribution in [0, 0.1) is 10.1 Å². The quantitative estimate of drug-likeness (QED) is 0.384. The molecule has 26 heavy (non-hydrogen) atoms. The van der Waals surface area contributed by atoms with E-state index in [0.717, 1.165) is 5.56 Å². The van der Waals surface area contributed by atoms with Crippen molar-refractivity contribution in [2.75, 3.05) is 11.9 Å². The van der Waals surface area contributed by atoms with E-state index in [9.17, 15) is 14.9 Å². The fourth-order valence-electron chi connectivity index (χ4n) is 2.74. The zero-order chi connectivity index (χ0) is 18.5. The topological polar surface area (TPSA) is 76.3 Å². The maximum atomic E-state index is 12.5. The van der Waals surface area contributed by atoms with Gasteiger partial charge in [-0.3, -0.25) is 19.9 Å². The first-order valence-electron chi connectivity index (χ1n) is 8.04. The Morgan fingerprint density at radius 2 is 1.85 bits per heavy atom. The number of rotatable bonds is 6. The molecule has 0 spiro atoms. The summed E-state index contributed by atoms with van der Waals surface area (Å²) in [7, 11) is 1.77. The van der Waals surface area contributed by atoms with Gasteiger partial charge in [0.25, 0.3) is 5.69 Å². The van der Waals surface area contributed by atoms with Crippen molar-refractivity contribution < 1.29 is 9.72 Å². The molecular weight excluding hydrogens is 330 g/mol. The lowest BCUT2D eigenvalue weighted by Gasteiger charge is -2.19. The van der Waals surface area contributed by atoms with Crippen molar-refractivity contribution in [2.24, 2.45) is 0 Å². The fourth-order valence-corrected chi connectivity index (χ4v) is 2.74. The van der Waals surface area contributed by atoms with Crippen molar-refractivity contribution >= 4 is 17.2 Å². The van der Waals surface area contributed by atoms with E-state index in [0.29, 0.717) is 23.4 Å². The van der Waals surface area contributed by atoms with Crippen molar-refractivity contribution in [3.63, 3.8) is 0 Å². The van der Waals surface area contributed by atoms with E-state index in [-0.39, 0.29) is 11.5 Å². The average Bonchev–Trinajstić information content (AvgIpc) is 2.68. The highest BCUT2D eigenvalue weighted by Crippen LogP contribution is 2.30. The standard InChI is InChI=1S/C20H17N3O3/c1-22(14-15-6-5-11-21-13-15)18-10-9-17(12-19(18)23(25)26)20(24)16-7-3-2-4-8-16/h2-13H,14H2,1H3. The summed E-state index contributed by atoms with van der Waals surface area (Å²) >= 11 is 0. The van der Waals surface area contributed by atoms with Crippen LogP contribution in [0.4, 0.5) is 11.4 Å². The minimum Gasteiger partial charge on any atom is -0.365 e. The smallest absolute Gasteiger partial charge is 0.293 e. The maximum Gasteiger partial charge on any atom is 0.293 e. The molecule has 0 amide bonds. The van der Waals surface area contributed by atoms with Gasteiger partial charge < -0.3 is 4.90 Å². The van der Waals surface area contributed by atoms with Crippen LogP contribution in [0.15, 0.2) is 73.1 Å². The molecule has 3 aromatic rings. The molecular formula is C20H17N3O3. The largest absolute Gasteiger partial charge is 0.365 e. The molecule has 0 aliphatic carbocycles. The average molecular weight is 347 g/mol. The van der Waals surface area contributed by atoms with Gasteiger partial charge in [-0.05, 0) is 23.8 Å². The lowest BCUT2D eigenvalue weighted by Crippen LogP contribution is -2.18. The minimum absolute atomic E-state index is 0.0989. The summed E-state index contributed by atoms with van der Waals surface area (Å²) in [6.07, 6.45) is 3.39. The zero-order valence-corrected chi connectivity index (χ0v) is 14.2. The summed E-state index contributed by atoms with van der Waals surface area (Å²) in [4.78, 5) is 29.5. The third-order valence-electron chi connectivity index (χ3n) is 4.02. The summed E-state index contributed by atoms with van der Waals surface area (Å²) in [6.45, 7) is 0.473. The first-order chi connectivity index (χ1) is 12.6. The van der Waals surface area contributed by atoms with Gasteiger partial charge in [0.2, 0.25) is 0 Å². The second-order valence-corrected chi connectivity index (χ2v) is 5.87. The van der Waals surface area contributed by atoms with Crippen LogP contribution in [-0.2, 0) is 6.54 Å². The molecule has 0 radical (unpaired) electrons. The third kappa shape index (κ3) is 3.75. The summed E-state index contributed by atoms with van der Waals surface area (Å²) in [6, 6.07) is 17.0. The Bertz CT molecular complexity index is 928. The van der Waals surface area contributed by atoms with Crippen molar-refractivity contribution in [1.29, 1.82) is 0 Å². The normalized spacial score (nSPS) is 10.3. The summed E-state index contributed by atoms with van der Waals surface area (Å²) < 4.78 is 0. The number of carbonyl (C=O) groups excluding carboxylic acids is 1. The first kappa shape index (κ1) is 17.3. The predicted molar refractivity (Wildman–Crippen MR) is 99.3 cm³/mol. The number of pyridine rings is 1. The Hall–Kier alpha value is -3.54. The minimum atomic E-state index is -0.461. The summed E-state index contributed by atoms with van der Waals surface area (Å²) in [5.41, 5.74) is 2.08. The van der Waals surface area contributed by atoms with Crippen molar-refractivity contribution in [2.45, 2.75) is 6.54 Å². The van der Waals surface area contributed by atoms with Gasteiger partial charge in [0.05, 0.1) is 4.92 Å². The maximum absolute atomic E-state index is 12.5. The first-order valence-corrected chi connectivity index (χ1v) is 8.04. The number of nitro benzene ring substituents is 1. The molecule has 130 valence electrons. The van der Waals surface area contributed by atoms with Gasteiger partial charge in [0, 0.05) is 43.2 Å². The molecule has 0 saturated carbocycles. The number of anilines is 1. The van der Waals surface area contributed by atoms with Crippen LogP contribution in [-0.4, -0.2) is 22.7 Å². The number of benzene rings is 2. The second-order valence-electron chi connectivity index (χ2n) is 5.87. The van der Waals surface area contributed by atoms with E-state index >= 15 is 0 Å². The van der Waals surface area contributed by atoms with E-state index in [4.69, 9.17) is 0 Å².